The Morgan fingerprint density at radius 1 is 1.19 bits per heavy atom. The fourth-order valence-corrected chi connectivity index (χ4v) is 2.97. The van der Waals surface area contributed by atoms with Crippen molar-refractivity contribution >= 4 is 17.4 Å². The number of ketones is 1. The van der Waals surface area contributed by atoms with Crippen molar-refractivity contribution in [2.24, 2.45) is 5.92 Å². The topological polar surface area (TPSA) is 71.5 Å². The molecule has 144 valence electrons. The molecule has 0 spiro atoms. The monoisotopic (exact) mass is 369 g/mol. The third-order valence-corrected chi connectivity index (χ3v) is 4.50. The molecule has 0 atom stereocenters. The van der Waals surface area contributed by atoms with E-state index in [2.05, 4.69) is 10.3 Å². The van der Waals surface area contributed by atoms with Gasteiger partial charge < -0.3 is 10.1 Å². The maximum atomic E-state index is 12.5. The Hall–Kier alpha value is -2.57. The highest BCUT2D eigenvalue weighted by Gasteiger charge is 2.20. The van der Waals surface area contributed by atoms with Crippen LogP contribution in [0.15, 0.2) is 42.6 Å². The maximum absolute atomic E-state index is 12.5. The number of hydrogen-bond acceptors (Lipinski definition) is 5. The minimum Gasteiger partial charge on any atom is -0.379 e. The van der Waals surface area contributed by atoms with Crippen molar-refractivity contribution in [3.8, 4) is 11.1 Å². The summed E-state index contributed by atoms with van der Waals surface area (Å²) in [7, 11) is 0. The Kier molecular flexibility index (Phi) is 6.32. The predicted octanol–water partition coefficient (Wildman–Crippen LogP) is 3.10. The highest BCUT2D eigenvalue weighted by Crippen LogP contribution is 2.25. The van der Waals surface area contributed by atoms with E-state index in [1.165, 1.54) is 0 Å². The summed E-state index contributed by atoms with van der Waals surface area (Å²) in [5.74, 6) is -0.437. The molecule has 27 heavy (non-hydrogen) atoms. The van der Waals surface area contributed by atoms with Crippen molar-refractivity contribution in [3.05, 3.63) is 48.3 Å². The Morgan fingerprint density at radius 3 is 2.56 bits per heavy atom. The molecule has 1 aliphatic heterocycles. The summed E-state index contributed by atoms with van der Waals surface area (Å²) in [6, 6.07) is 11.6. The van der Waals surface area contributed by atoms with E-state index >= 15 is 0 Å². The molecule has 6 heteroatoms. The van der Waals surface area contributed by atoms with Crippen LogP contribution < -0.4 is 5.32 Å². The number of ether oxygens (including phenoxy) is 1. The molecule has 1 saturated heterocycles. The largest absolute Gasteiger partial charge is 0.379 e. The number of nitrogens with zero attached hydrogens (tertiary/aromatic N) is 2. The van der Waals surface area contributed by atoms with Gasteiger partial charge in [0, 0.05) is 32.2 Å². The van der Waals surface area contributed by atoms with Crippen molar-refractivity contribution in [2.45, 2.75) is 13.8 Å². The maximum Gasteiger partial charge on any atom is 0.238 e. The number of morpholine rings is 1. The van der Waals surface area contributed by atoms with Gasteiger partial charge in [-0.2, -0.15) is 0 Å². The number of rotatable bonds is 6. The van der Waals surface area contributed by atoms with E-state index in [1.54, 1.807) is 6.20 Å². The summed E-state index contributed by atoms with van der Waals surface area (Å²) in [5, 5.41) is 2.90. The summed E-state index contributed by atoms with van der Waals surface area (Å²) >= 11 is 0. The number of pyridine rings is 1. The Balaban J connectivity index is 0.00000280. The number of Topliss-reactive ketones (excluding diaryl/α,β-unsaturated/α-hetero) is 1. The summed E-state index contributed by atoms with van der Waals surface area (Å²) < 4.78 is 5.31. The standard InChI is InChI=1S/C21H25N3O3.H2/c1-15(2)21(26)20-18(23-19(25)14-24-8-10-27-11-9-24)12-17(13-22-20)16-6-4-3-5-7-16;/h3-7,12-13,15H,8-11,14H2,1-2H3,(H,23,25);1H. The molecule has 2 heterocycles. The first kappa shape index (κ1) is 19.2. The Bertz CT molecular complexity index is 806. The number of nitrogens with one attached hydrogen (secondary N) is 1. The molecular weight excluding hydrogens is 342 g/mol. The van der Waals surface area contributed by atoms with Gasteiger partial charge in [-0.15, -0.1) is 0 Å². The van der Waals surface area contributed by atoms with Crippen LogP contribution in [-0.4, -0.2) is 54.4 Å². The zero-order valence-corrected chi connectivity index (χ0v) is 15.8. The van der Waals surface area contributed by atoms with Crippen LogP contribution in [0.25, 0.3) is 11.1 Å². The molecule has 1 aromatic carbocycles. The third kappa shape index (κ3) is 4.99. The minimum absolute atomic E-state index is 0. The predicted molar refractivity (Wildman–Crippen MR) is 107 cm³/mol. The smallest absolute Gasteiger partial charge is 0.238 e. The van der Waals surface area contributed by atoms with Crippen molar-refractivity contribution in [2.75, 3.05) is 38.2 Å². The molecule has 1 aliphatic rings. The molecule has 3 rings (SSSR count). The summed E-state index contributed by atoms with van der Waals surface area (Å²) in [4.78, 5) is 31.5. The van der Waals surface area contributed by atoms with E-state index in [0.717, 1.165) is 24.2 Å². The lowest BCUT2D eigenvalue weighted by atomic mass is 10.0. The van der Waals surface area contributed by atoms with Crippen LogP contribution in [-0.2, 0) is 9.53 Å². The number of carbonyl (C=O) groups is 2. The van der Waals surface area contributed by atoms with Gasteiger partial charge in [0.05, 0.1) is 25.4 Å². The van der Waals surface area contributed by atoms with Crippen LogP contribution >= 0.6 is 0 Å². The lowest BCUT2D eigenvalue weighted by Gasteiger charge is -2.26. The summed E-state index contributed by atoms with van der Waals surface area (Å²) in [6.45, 7) is 6.66. The normalized spacial score (nSPS) is 14.9. The highest BCUT2D eigenvalue weighted by molar-refractivity contribution is 6.05. The van der Waals surface area contributed by atoms with Gasteiger partial charge in [0.25, 0.3) is 0 Å². The van der Waals surface area contributed by atoms with Gasteiger partial charge in [-0.05, 0) is 11.6 Å². The molecule has 1 aromatic heterocycles. The van der Waals surface area contributed by atoms with Gasteiger partial charge in [0.15, 0.2) is 5.78 Å². The quantitative estimate of drug-likeness (QED) is 0.792. The van der Waals surface area contributed by atoms with Crippen LogP contribution in [0.1, 0.15) is 25.8 Å². The SMILES string of the molecule is CC(C)C(=O)c1ncc(-c2ccccc2)cc1NC(=O)CN1CCOCC1.[HH]. The molecule has 0 saturated carbocycles. The van der Waals surface area contributed by atoms with Gasteiger partial charge in [0.2, 0.25) is 5.91 Å². The molecule has 0 aliphatic carbocycles. The number of anilines is 1. The van der Waals surface area contributed by atoms with Crippen molar-refractivity contribution < 1.29 is 15.8 Å². The van der Waals surface area contributed by atoms with E-state index in [1.807, 2.05) is 55.1 Å². The van der Waals surface area contributed by atoms with Crippen LogP contribution in [0.2, 0.25) is 0 Å². The van der Waals surface area contributed by atoms with E-state index in [0.29, 0.717) is 24.6 Å². The first-order chi connectivity index (χ1) is 13.0. The zero-order chi connectivity index (χ0) is 19.2. The average molecular weight is 369 g/mol. The van der Waals surface area contributed by atoms with Crippen molar-refractivity contribution in [1.82, 2.24) is 9.88 Å². The van der Waals surface area contributed by atoms with Gasteiger partial charge in [-0.3, -0.25) is 19.5 Å². The van der Waals surface area contributed by atoms with E-state index in [-0.39, 0.29) is 25.6 Å². The molecule has 0 unspecified atom stereocenters. The van der Waals surface area contributed by atoms with Crippen molar-refractivity contribution in [1.29, 1.82) is 0 Å². The molecule has 1 amide bonds. The first-order valence-corrected chi connectivity index (χ1v) is 9.24. The molecule has 2 aromatic rings. The Labute approximate surface area is 161 Å². The highest BCUT2D eigenvalue weighted by atomic mass is 16.5. The number of hydrogen-bond donors (Lipinski definition) is 1. The number of carbonyl (C=O) groups excluding carboxylic acids is 2. The molecular formula is C21H27N3O3. The summed E-state index contributed by atoms with van der Waals surface area (Å²) in [6.07, 6.45) is 1.68. The third-order valence-electron chi connectivity index (χ3n) is 4.50. The number of aromatic nitrogens is 1. The second-order valence-corrected chi connectivity index (χ2v) is 6.94. The molecule has 0 radical (unpaired) electrons. The molecule has 0 bridgehead atoms. The fraction of sp³-hybridized carbons (Fsp3) is 0.381. The summed E-state index contributed by atoms with van der Waals surface area (Å²) in [5.41, 5.74) is 2.61. The van der Waals surface area contributed by atoms with E-state index < -0.39 is 0 Å². The molecule has 1 N–H and O–H groups in total. The van der Waals surface area contributed by atoms with Crippen LogP contribution in [0.5, 0.6) is 0 Å². The Morgan fingerprint density at radius 2 is 1.89 bits per heavy atom. The lowest BCUT2D eigenvalue weighted by Crippen LogP contribution is -2.41. The number of amides is 1. The minimum atomic E-state index is -0.199. The van der Waals surface area contributed by atoms with Gasteiger partial charge >= 0.3 is 0 Å². The van der Waals surface area contributed by atoms with Crippen LogP contribution in [0.3, 0.4) is 0 Å². The van der Waals surface area contributed by atoms with Gasteiger partial charge in [-0.25, -0.2) is 0 Å². The zero-order valence-electron chi connectivity index (χ0n) is 15.8. The van der Waals surface area contributed by atoms with E-state index in [9.17, 15) is 9.59 Å². The number of benzene rings is 1. The van der Waals surface area contributed by atoms with Gasteiger partial charge in [0.1, 0.15) is 5.69 Å². The second kappa shape index (κ2) is 8.88. The van der Waals surface area contributed by atoms with Crippen molar-refractivity contribution in [3.63, 3.8) is 0 Å². The molecule has 6 nitrogen and oxygen atoms in total. The van der Waals surface area contributed by atoms with Gasteiger partial charge in [-0.1, -0.05) is 44.2 Å². The van der Waals surface area contributed by atoms with Crippen LogP contribution in [0.4, 0.5) is 5.69 Å². The van der Waals surface area contributed by atoms with E-state index in [4.69, 9.17) is 4.74 Å². The van der Waals surface area contributed by atoms with Crippen LogP contribution in [0, 0.1) is 5.92 Å². The average Bonchev–Trinajstić information content (AvgIpc) is 2.68. The lowest BCUT2D eigenvalue weighted by molar-refractivity contribution is -0.118. The molecule has 1 fully saturated rings. The second-order valence-electron chi connectivity index (χ2n) is 6.94. The fourth-order valence-electron chi connectivity index (χ4n) is 2.97. The first-order valence-electron chi connectivity index (χ1n) is 9.24.